The van der Waals surface area contributed by atoms with Crippen molar-refractivity contribution in [3.05, 3.63) is 29.2 Å². The van der Waals surface area contributed by atoms with Crippen LogP contribution in [-0.2, 0) is 20.7 Å². The van der Waals surface area contributed by atoms with Crippen LogP contribution in [-0.4, -0.2) is 54.3 Å². The molecule has 0 bridgehead atoms. The molecule has 0 aliphatic carbocycles. The third-order valence-corrected chi connectivity index (χ3v) is 6.24. The number of fused-ring (bicyclic) bond motifs is 3. The number of carbonyl (C=O) groups is 3. The molecule has 2 N–H and O–H groups in total. The summed E-state index contributed by atoms with van der Waals surface area (Å²) in [5.41, 5.74) is 0.228. The highest BCUT2D eigenvalue weighted by atomic mass is 19.2. The molecule has 1 aromatic heterocycles. The zero-order valence-corrected chi connectivity index (χ0v) is 18.2. The van der Waals surface area contributed by atoms with Crippen LogP contribution in [0.3, 0.4) is 0 Å². The standard InChI is InChI=1S/C21H23F2N5O5/c1-9-4-12(32-3)7-28-17(9)14(20(30)26-21(31)24-8-29)6-11-5-13(15(22)16(23)18(11)28)19-25-10(2)33-27-19/h5,8-9,12,14,17H,4,6-7H2,1-3H3,(H2,24,26,29,30,31)/t9-,12?,14-,17-/m1/s1. The van der Waals surface area contributed by atoms with E-state index >= 15 is 8.78 Å². The van der Waals surface area contributed by atoms with Crippen molar-refractivity contribution in [2.75, 3.05) is 18.6 Å². The number of urea groups is 1. The number of carbonyl (C=O) groups excluding carboxylic acids is 3. The molecule has 0 spiro atoms. The van der Waals surface area contributed by atoms with Crippen LogP contribution in [0.4, 0.5) is 19.3 Å². The van der Waals surface area contributed by atoms with Crippen LogP contribution in [0.2, 0.25) is 0 Å². The van der Waals surface area contributed by atoms with Crippen molar-refractivity contribution in [2.24, 2.45) is 11.8 Å². The Morgan fingerprint density at radius 2 is 2.09 bits per heavy atom. The average Bonchev–Trinajstić information content (AvgIpc) is 3.21. The summed E-state index contributed by atoms with van der Waals surface area (Å²) in [6.45, 7) is 3.66. The van der Waals surface area contributed by atoms with Crippen molar-refractivity contribution in [1.82, 2.24) is 20.8 Å². The fourth-order valence-corrected chi connectivity index (χ4v) is 4.91. The molecule has 10 nitrogen and oxygen atoms in total. The van der Waals surface area contributed by atoms with Crippen LogP contribution in [0, 0.1) is 30.4 Å². The van der Waals surface area contributed by atoms with Gasteiger partial charge in [-0.2, -0.15) is 4.98 Å². The molecular formula is C21H23F2N5O5. The van der Waals surface area contributed by atoms with Crippen LogP contribution in [0.25, 0.3) is 11.4 Å². The average molecular weight is 463 g/mol. The number of benzene rings is 1. The van der Waals surface area contributed by atoms with Gasteiger partial charge in [0.15, 0.2) is 11.6 Å². The maximum absolute atomic E-state index is 15.5. The zero-order chi connectivity index (χ0) is 23.9. The van der Waals surface area contributed by atoms with Gasteiger partial charge in [-0.25, -0.2) is 13.6 Å². The topological polar surface area (TPSA) is 127 Å². The zero-order valence-electron chi connectivity index (χ0n) is 18.2. The minimum atomic E-state index is -1.12. The highest BCUT2D eigenvalue weighted by Crippen LogP contribution is 2.45. The van der Waals surface area contributed by atoms with E-state index in [4.69, 9.17) is 9.26 Å². The van der Waals surface area contributed by atoms with Crippen molar-refractivity contribution in [3.63, 3.8) is 0 Å². The van der Waals surface area contributed by atoms with Crippen LogP contribution in [0.15, 0.2) is 10.6 Å². The third-order valence-electron chi connectivity index (χ3n) is 6.24. The van der Waals surface area contributed by atoms with Gasteiger partial charge in [-0.3, -0.25) is 20.2 Å². The third kappa shape index (κ3) is 4.06. The number of nitrogens with zero attached hydrogens (tertiary/aromatic N) is 3. The quantitative estimate of drug-likeness (QED) is 0.657. The molecule has 2 aliphatic rings. The summed E-state index contributed by atoms with van der Waals surface area (Å²) in [5, 5.41) is 7.69. The Kier molecular flexibility index (Phi) is 6.11. The lowest BCUT2D eigenvalue weighted by Gasteiger charge is -2.50. The molecule has 1 fully saturated rings. The van der Waals surface area contributed by atoms with Gasteiger partial charge in [0, 0.05) is 26.6 Å². The fourth-order valence-electron chi connectivity index (χ4n) is 4.91. The Labute approximate surface area is 187 Å². The van der Waals surface area contributed by atoms with E-state index in [1.54, 1.807) is 4.90 Å². The number of amides is 4. The Bertz CT molecular complexity index is 1110. The molecule has 1 saturated heterocycles. The number of imide groups is 2. The molecular weight excluding hydrogens is 440 g/mol. The monoisotopic (exact) mass is 463 g/mol. The van der Waals surface area contributed by atoms with Gasteiger partial charge in [-0.15, -0.1) is 0 Å². The summed E-state index contributed by atoms with van der Waals surface area (Å²) < 4.78 is 41.0. The van der Waals surface area contributed by atoms with E-state index in [-0.39, 0.29) is 54.4 Å². The second kappa shape index (κ2) is 8.85. The number of aryl methyl sites for hydroxylation is 1. The molecule has 4 amide bonds. The largest absolute Gasteiger partial charge is 0.380 e. The van der Waals surface area contributed by atoms with Gasteiger partial charge in [0.25, 0.3) is 0 Å². The van der Waals surface area contributed by atoms with Crippen molar-refractivity contribution >= 4 is 24.0 Å². The van der Waals surface area contributed by atoms with Crippen LogP contribution in [0.1, 0.15) is 24.8 Å². The van der Waals surface area contributed by atoms with E-state index in [1.165, 1.54) is 20.1 Å². The molecule has 4 atom stereocenters. The number of anilines is 1. The number of rotatable bonds is 4. The SMILES string of the molecule is COC1C[C@@H](C)[C@@H]2[C@H](C(=O)NC(=O)NC=O)Cc3cc(-c4noc(C)n4)c(F)c(F)c3N2C1. The summed E-state index contributed by atoms with van der Waals surface area (Å²) >= 11 is 0. The van der Waals surface area contributed by atoms with Crippen LogP contribution >= 0.6 is 0 Å². The van der Waals surface area contributed by atoms with E-state index in [0.29, 0.717) is 12.0 Å². The highest BCUT2D eigenvalue weighted by Gasteiger charge is 2.47. The number of ether oxygens (including phenoxy) is 1. The van der Waals surface area contributed by atoms with Crippen LogP contribution in [0.5, 0.6) is 0 Å². The lowest BCUT2D eigenvalue weighted by molar-refractivity contribution is -0.125. The number of nitrogens with one attached hydrogen (secondary N) is 2. The molecule has 12 heteroatoms. The second-order valence-electron chi connectivity index (χ2n) is 8.30. The number of halogens is 2. The lowest BCUT2D eigenvalue weighted by Crippen LogP contribution is -2.60. The number of piperidine rings is 1. The second-order valence-corrected chi connectivity index (χ2v) is 8.30. The lowest BCUT2D eigenvalue weighted by atomic mass is 9.74. The Morgan fingerprint density at radius 1 is 1.33 bits per heavy atom. The Morgan fingerprint density at radius 3 is 2.73 bits per heavy atom. The number of methoxy groups -OCH3 is 1. The maximum Gasteiger partial charge on any atom is 0.327 e. The Hall–Kier alpha value is -3.41. The predicted octanol–water partition coefficient (Wildman–Crippen LogP) is 1.71. The molecule has 2 aliphatic heterocycles. The van der Waals surface area contributed by atoms with Gasteiger partial charge < -0.3 is 14.2 Å². The van der Waals surface area contributed by atoms with Crippen molar-refractivity contribution in [2.45, 2.75) is 38.8 Å². The summed E-state index contributed by atoms with van der Waals surface area (Å²) in [5.74, 6) is -3.64. The Balaban J connectivity index is 1.81. The van der Waals surface area contributed by atoms with Crippen LogP contribution < -0.4 is 15.5 Å². The molecule has 3 heterocycles. The van der Waals surface area contributed by atoms with Crippen molar-refractivity contribution in [3.8, 4) is 11.4 Å². The molecule has 1 aromatic carbocycles. The number of aromatic nitrogens is 2. The number of hydrogen-bond acceptors (Lipinski definition) is 8. The fraction of sp³-hybridized carbons (Fsp3) is 0.476. The first-order valence-electron chi connectivity index (χ1n) is 10.4. The minimum Gasteiger partial charge on any atom is -0.380 e. The van der Waals surface area contributed by atoms with Gasteiger partial charge in [-0.1, -0.05) is 12.1 Å². The summed E-state index contributed by atoms with van der Waals surface area (Å²) in [7, 11) is 1.54. The normalized spacial score (nSPS) is 24.0. The first-order valence-corrected chi connectivity index (χ1v) is 10.4. The summed E-state index contributed by atoms with van der Waals surface area (Å²) in [6.07, 6.45) is 0.544. The van der Waals surface area contributed by atoms with Crippen molar-refractivity contribution < 1.29 is 32.4 Å². The van der Waals surface area contributed by atoms with E-state index in [0.717, 1.165) is 0 Å². The van der Waals surface area contributed by atoms with E-state index in [1.807, 2.05) is 12.2 Å². The van der Waals surface area contributed by atoms with Gasteiger partial charge in [-0.05, 0) is 30.4 Å². The van der Waals surface area contributed by atoms with Gasteiger partial charge in [0.05, 0.1) is 23.3 Å². The van der Waals surface area contributed by atoms with Gasteiger partial charge in [0.2, 0.25) is 24.0 Å². The van der Waals surface area contributed by atoms with E-state index in [2.05, 4.69) is 15.5 Å². The molecule has 0 saturated carbocycles. The van der Waals surface area contributed by atoms with E-state index < -0.39 is 35.5 Å². The molecule has 4 rings (SSSR count). The minimum absolute atomic E-state index is 0.0414. The molecule has 33 heavy (non-hydrogen) atoms. The molecule has 1 unspecified atom stereocenters. The number of hydrogen-bond donors (Lipinski definition) is 2. The first kappa shape index (κ1) is 22.8. The molecule has 2 aromatic rings. The smallest absolute Gasteiger partial charge is 0.327 e. The summed E-state index contributed by atoms with van der Waals surface area (Å²) in [4.78, 5) is 40.9. The highest BCUT2D eigenvalue weighted by molar-refractivity contribution is 5.99. The molecule has 176 valence electrons. The maximum atomic E-state index is 15.5. The van der Waals surface area contributed by atoms with E-state index in [9.17, 15) is 14.4 Å². The van der Waals surface area contributed by atoms with Crippen molar-refractivity contribution in [1.29, 1.82) is 0 Å². The molecule has 0 radical (unpaired) electrons. The summed E-state index contributed by atoms with van der Waals surface area (Å²) in [6, 6.07) is -0.0693. The predicted molar refractivity (Wildman–Crippen MR) is 110 cm³/mol. The first-order chi connectivity index (χ1) is 15.7. The van der Waals surface area contributed by atoms with Gasteiger partial charge >= 0.3 is 6.03 Å². The van der Waals surface area contributed by atoms with Gasteiger partial charge in [0.1, 0.15) is 0 Å².